The Labute approximate surface area is 125 Å². The molecule has 2 rings (SSSR count). The number of phenols is 2. The highest BCUT2D eigenvalue weighted by molar-refractivity contribution is 5.40. The molecule has 0 fully saturated rings. The molecule has 0 radical (unpaired) electrons. The summed E-state index contributed by atoms with van der Waals surface area (Å²) in [6.45, 7) is 2.73. The molecule has 0 aliphatic rings. The van der Waals surface area contributed by atoms with Gasteiger partial charge in [0.05, 0.1) is 7.11 Å². The van der Waals surface area contributed by atoms with E-state index in [9.17, 15) is 10.2 Å². The summed E-state index contributed by atoms with van der Waals surface area (Å²) in [5, 5.41) is 22.2. The fourth-order valence-corrected chi connectivity index (χ4v) is 2.24. The molecule has 0 heterocycles. The fourth-order valence-electron chi connectivity index (χ4n) is 2.24. The Bertz CT molecular complexity index is 598. The van der Waals surface area contributed by atoms with Gasteiger partial charge in [-0.05, 0) is 42.7 Å². The van der Waals surface area contributed by atoms with Gasteiger partial charge in [-0.2, -0.15) is 0 Å². The zero-order valence-corrected chi connectivity index (χ0v) is 12.3. The molecule has 4 nitrogen and oxygen atoms in total. The van der Waals surface area contributed by atoms with Crippen molar-refractivity contribution in [1.82, 2.24) is 5.32 Å². The molecule has 0 amide bonds. The van der Waals surface area contributed by atoms with Gasteiger partial charge in [0.15, 0.2) is 11.5 Å². The summed E-state index contributed by atoms with van der Waals surface area (Å²) in [4.78, 5) is 0. The number of hydrogen-bond acceptors (Lipinski definition) is 4. The Hall–Kier alpha value is -2.20. The lowest BCUT2D eigenvalue weighted by Gasteiger charge is -2.16. The predicted molar refractivity (Wildman–Crippen MR) is 82.8 cm³/mol. The smallest absolute Gasteiger partial charge is 0.157 e. The van der Waals surface area contributed by atoms with Crippen LogP contribution in [-0.4, -0.2) is 23.4 Å². The Morgan fingerprint density at radius 1 is 1.10 bits per heavy atom. The Balaban J connectivity index is 1.92. The summed E-state index contributed by atoms with van der Waals surface area (Å²) in [6.07, 6.45) is 0.855. The van der Waals surface area contributed by atoms with Gasteiger partial charge in [-0.1, -0.05) is 24.3 Å². The Morgan fingerprint density at radius 2 is 1.86 bits per heavy atom. The van der Waals surface area contributed by atoms with E-state index < -0.39 is 0 Å². The number of nitrogens with one attached hydrogen (secondary N) is 1. The number of phenolic OH excluding ortho intramolecular Hbond substituents is 2. The highest BCUT2D eigenvalue weighted by atomic mass is 16.5. The molecule has 2 aromatic carbocycles. The average Bonchev–Trinajstić information content (AvgIpc) is 2.49. The molecule has 0 spiro atoms. The molecule has 4 heteroatoms. The molecule has 21 heavy (non-hydrogen) atoms. The first-order chi connectivity index (χ1) is 10.1. The highest BCUT2D eigenvalue weighted by Crippen LogP contribution is 2.25. The van der Waals surface area contributed by atoms with Gasteiger partial charge in [0.2, 0.25) is 0 Å². The van der Waals surface area contributed by atoms with Crippen molar-refractivity contribution in [2.45, 2.75) is 25.9 Å². The molecule has 0 saturated carbocycles. The fraction of sp³-hybridized carbons (Fsp3) is 0.294. The van der Waals surface area contributed by atoms with Crippen LogP contribution < -0.4 is 10.1 Å². The minimum Gasteiger partial charge on any atom is -0.504 e. The highest BCUT2D eigenvalue weighted by Gasteiger charge is 2.08. The maximum absolute atomic E-state index is 9.47. The van der Waals surface area contributed by atoms with Crippen LogP contribution in [0, 0.1) is 0 Å². The van der Waals surface area contributed by atoms with Crippen LogP contribution in [0.3, 0.4) is 0 Å². The van der Waals surface area contributed by atoms with Crippen molar-refractivity contribution in [3.63, 3.8) is 0 Å². The lowest BCUT2D eigenvalue weighted by Crippen LogP contribution is -2.27. The molecular formula is C17H21NO3. The van der Waals surface area contributed by atoms with Crippen molar-refractivity contribution in [2.75, 3.05) is 7.11 Å². The van der Waals surface area contributed by atoms with Gasteiger partial charge in [-0.15, -0.1) is 0 Å². The minimum absolute atomic E-state index is 0.0910. The van der Waals surface area contributed by atoms with Gasteiger partial charge in [0.1, 0.15) is 5.75 Å². The van der Waals surface area contributed by atoms with E-state index >= 15 is 0 Å². The van der Waals surface area contributed by atoms with Crippen LogP contribution in [0.4, 0.5) is 0 Å². The Morgan fingerprint density at radius 3 is 2.57 bits per heavy atom. The van der Waals surface area contributed by atoms with Gasteiger partial charge in [0, 0.05) is 12.6 Å². The summed E-state index contributed by atoms with van der Waals surface area (Å²) in [5.74, 6) is 0.709. The molecule has 0 bridgehead atoms. The minimum atomic E-state index is -0.0965. The van der Waals surface area contributed by atoms with Crippen LogP contribution in [0.1, 0.15) is 18.1 Å². The average molecular weight is 287 g/mol. The van der Waals surface area contributed by atoms with E-state index in [1.54, 1.807) is 19.2 Å². The van der Waals surface area contributed by atoms with Crippen LogP contribution >= 0.6 is 0 Å². The molecule has 0 aliphatic carbocycles. The summed E-state index contributed by atoms with van der Waals surface area (Å²) in [7, 11) is 1.68. The number of hydrogen-bond donors (Lipinski definition) is 3. The number of para-hydroxylation sites is 1. The standard InChI is InChI=1S/C17H21NO3/c1-12(9-14-5-3-4-6-17(14)21-2)18-11-13-7-8-15(19)16(20)10-13/h3-8,10,12,18-20H,9,11H2,1-2H3. The van der Waals surface area contributed by atoms with Gasteiger partial charge in [0.25, 0.3) is 0 Å². The van der Waals surface area contributed by atoms with E-state index in [-0.39, 0.29) is 17.5 Å². The zero-order chi connectivity index (χ0) is 15.2. The third-order valence-corrected chi connectivity index (χ3v) is 3.41. The first kappa shape index (κ1) is 15.2. The van der Waals surface area contributed by atoms with Crippen LogP contribution in [-0.2, 0) is 13.0 Å². The first-order valence-electron chi connectivity index (χ1n) is 6.96. The summed E-state index contributed by atoms with van der Waals surface area (Å²) in [5.41, 5.74) is 2.09. The van der Waals surface area contributed by atoms with Gasteiger partial charge < -0.3 is 20.3 Å². The van der Waals surface area contributed by atoms with E-state index in [0.717, 1.165) is 23.3 Å². The zero-order valence-electron chi connectivity index (χ0n) is 12.3. The maximum atomic E-state index is 9.47. The second-order valence-electron chi connectivity index (χ2n) is 5.12. The summed E-state index contributed by atoms with van der Waals surface area (Å²) < 4.78 is 5.35. The number of ether oxygens (including phenoxy) is 1. The largest absolute Gasteiger partial charge is 0.504 e. The van der Waals surface area contributed by atoms with Crippen LogP contribution in [0.5, 0.6) is 17.2 Å². The Kier molecular flexibility index (Phi) is 5.06. The molecule has 3 N–H and O–H groups in total. The quantitative estimate of drug-likeness (QED) is 0.715. The van der Waals surface area contributed by atoms with Crippen molar-refractivity contribution < 1.29 is 14.9 Å². The van der Waals surface area contributed by atoms with E-state index in [1.807, 2.05) is 18.2 Å². The lowest BCUT2D eigenvalue weighted by atomic mass is 10.1. The van der Waals surface area contributed by atoms with Crippen LogP contribution in [0.25, 0.3) is 0 Å². The normalized spacial score (nSPS) is 12.1. The molecule has 0 saturated heterocycles. The number of rotatable bonds is 6. The van der Waals surface area contributed by atoms with E-state index in [0.29, 0.717) is 6.54 Å². The van der Waals surface area contributed by atoms with Crippen molar-refractivity contribution in [1.29, 1.82) is 0 Å². The maximum Gasteiger partial charge on any atom is 0.157 e. The molecule has 0 aliphatic heterocycles. The van der Waals surface area contributed by atoms with Crippen molar-refractivity contribution in [3.05, 3.63) is 53.6 Å². The van der Waals surface area contributed by atoms with E-state index in [4.69, 9.17) is 4.74 Å². The van der Waals surface area contributed by atoms with Crippen LogP contribution in [0.15, 0.2) is 42.5 Å². The molecule has 2 aromatic rings. The molecule has 1 atom stereocenters. The van der Waals surface area contributed by atoms with Crippen molar-refractivity contribution in [3.8, 4) is 17.2 Å². The second kappa shape index (κ2) is 6.99. The monoisotopic (exact) mass is 287 g/mol. The van der Waals surface area contributed by atoms with Gasteiger partial charge in [-0.3, -0.25) is 0 Å². The first-order valence-corrected chi connectivity index (χ1v) is 6.96. The lowest BCUT2D eigenvalue weighted by molar-refractivity contribution is 0.402. The number of methoxy groups -OCH3 is 1. The number of benzene rings is 2. The van der Waals surface area contributed by atoms with Crippen molar-refractivity contribution >= 4 is 0 Å². The molecule has 0 aromatic heterocycles. The SMILES string of the molecule is COc1ccccc1CC(C)NCc1ccc(O)c(O)c1. The van der Waals surface area contributed by atoms with Gasteiger partial charge >= 0.3 is 0 Å². The van der Waals surface area contributed by atoms with Crippen LogP contribution in [0.2, 0.25) is 0 Å². The predicted octanol–water partition coefficient (Wildman–Crippen LogP) is 2.83. The number of aromatic hydroxyl groups is 2. The van der Waals surface area contributed by atoms with Gasteiger partial charge in [-0.25, -0.2) is 0 Å². The molecular weight excluding hydrogens is 266 g/mol. The van der Waals surface area contributed by atoms with Crippen molar-refractivity contribution in [2.24, 2.45) is 0 Å². The topological polar surface area (TPSA) is 61.7 Å². The summed E-state index contributed by atoms with van der Waals surface area (Å²) in [6, 6.07) is 13.1. The molecule has 112 valence electrons. The molecule has 1 unspecified atom stereocenters. The third-order valence-electron chi connectivity index (χ3n) is 3.41. The van der Waals surface area contributed by atoms with E-state index in [1.165, 1.54) is 6.07 Å². The van der Waals surface area contributed by atoms with E-state index in [2.05, 4.69) is 18.3 Å². The summed E-state index contributed by atoms with van der Waals surface area (Å²) >= 11 is 0. The second-order valence-corrected chi connectivity index (χ2v) is 5.12. The third kappa shape index (κ3) is 4.13.